The van der Waals surface area contributed by atoms with Crippen molar-refractivity contribution in [1.29, 1.82) is 0 Å². The van der Waals surface area contributed by atoms with E-state index in [-0.39, 0.29) is 5.56 Å². The number of thiazole rings is 1. The molecule has 0 bridgehead atoms. The van der Waals surface area contributed by atoms with Gasteiger partial charge in [-0.1, -0.05) is 66.4 Å². The molecule has 5 aromatic rings. The summed E-state index contributed by atoms with van der Waals surface area (Å²) in [6, 6.07) is 22.1. The molecule has 0 aliphatic heterocycles. The quantitative estimate of drug-likeness (QED) is 0.221. The van der Waals surface area contributed by atoms with Crippen molar-refractivity contribution in [2.75, 3.05) is 0 Å². The summed E-state index contributed by atoms with van der Waals surface area (Å²) in [5.41, 5.74) is 2.83. The van der Waals surface area contributed by atoms with Crippen LogP contribution >= 0.6 is 23.1 Å². The van der Waals surface area contributed by atoms with E-state index >= 15 is 0 Å². The Labute approximate surface area is 175 Å². The first-order valence-electron chi connectivity index (χ1n) is 9.21. The van der Waals surface area contributed by atoms with Gasteiger partial charge in [0, 0.05) is 23.7 Å². The number of hydrogen-bond acceptors (Lipinski definition) is 5. The Bertz CT molecular complexity index is 1390. The molecule has 2 aromatic heterocycles. The molecular formula is C23H17N3OS2. The summed E-state index contributed by atoms with van der Waals surface area (Å²) in [7, 11) is 1.78. The lowest BCUT2D eigenvalue weighted by Gasteiger charge is -2.09. The maximum atomic E-state index is 12.9. The number of aromatic nitrogens is 3. The van der Waals surface area contributed by atoms with Gasteiger partial charge in [0.2, 0.25) is 0 Å². The summed E-state index contributed by atoms with van der Waals surface area (Å²) >= 11 is 3.17. The second-order valence-electron chi connectivity index (χ2n) is 6.77. The van der Waals surface area contributed by atoms with Gasteiger partial charge in [-0.2, -0.15) is 0 Å². The topological polar surface area (TPSA) is 47.8 Å². The van der Waals surface area contributed by atoms with Crippen molar-refractivity contribution in [1.82, 2.24) is 14.5 Å². The predicted molar refractivity (Wildman–Crippen MR) is 122 cm³/mol. The first-order valence-corrected chi connectivity index (χ1v) is 11.1. The van der Waals surface area contributed by atoms with Gasteiger partial charge in [0.25, 0.3) is 5.56 Å². The van der Waals surface area contributed by atoms with Crippen molar-refractivity contribution < 1.29 is 0 Å². The molecule has 0 radical (unpaired) electrons. The molecule has 0 N–H and O–H groups in total. The second-order valence-corrected chi connectivity index (χ2v) is 8.57. The van der Waals surface area contributed by atoms with Gasteiger partial charge in [0.15, 0.2) is 5.16 Å². The van der Waals surface area contributed by atoms with Crippen molar-refractivity contribution in [2.24, 2.45) is 7.05 Å². The van der Waals surface area contributed by atoms with Crippen LogP contribution in [0.4, 0.5) is 0 Å². The average Bonchev–Trinajstić information content (AvgIpc) is 3.24. The summed E-state index contributed by atoms with van der Waals surface area (Å²) in [6.45, 7) is 0. The Balaban J connectivity index is 1.46. The average molecular weight is 416 g/mol. The zero-order valence-corrected chi connectivity index (χ0v) is 17.3. The summed E-state index contributed by atoms with van der Waals surface area (Å²) in [4.78, 5) is 22.4. The molecule has 0 aliphatic carbocycles. The van der Waals surface area contributed by atoms with Crippen LogP contribution < -0.4 is 5.56 Å². The fourth-order valence-corrected chi connectivity index (χ4v) is 5.09. The van der Waals surface area contributed by atoms with Crippen molar-refractivity contribution in [2.45, 2.75) is 10.9 Å². The van der Waals surface area contributed by atoms with E-state index < -0.39 is 0 Å². The van der Waals surface area contributed by atoms with Crippen LogP contribution in [0.3, 0.4) is 0 Å². The highest BCUT2D eigenvalue weighted by atomic mass is 32.2. The van der Waals surface area contributed by atoms with Crippen LogP contribution in [0.15, 0.2) is 82.1 Å². The fraction of sp³-hybridized carbons (Fsp3) is 0.0870. The van der Waals surface area contributed by atoms with Gasteiger partial charge in [-0.05, 0) is 22.9 Å². The van der Waals surface area contributed by atoms with Crippen LogP contribution in [0.1, 0.15) is 5.69 Å². The normalized spacial score (nSPS) is 11.3. The van der Waals surface area contributed by atoms with E-state index in [9.17, 15) is 4.79 Å². The largest absolute Gasteiger partial charge is 0.290 e. The molecule has 4 nitrogen and oxygen atoms in total. The Morgan fingerprint density at radius 3 is 2.48 bits per heavy atom. The standard InChI is InChI=1S/C23H17N3OS2/c1-26-22(27)19-11-16-9-5-6-10-17(16)12-20(19)25-23(26)29-14-18-13-28-21(24-18)15-7-3-2-4-8-15/h2-13H,14H2,1H3. The molecule has 0 amide bonds. The Morgan fingerprint density at radius 1 is 0.966 bits per heavy atom. The molecule has 0 fully saturated rings. The van der Waals surface area contributed by atoms with E-state index in [0.29, 0.717) is 16.3 Å². The van der Waals surface area contributed by atoms with Crippen LogP contribution in [-0.2, 0) is 12.8 Å². The third kappa shape index (κ3) is 3.45. The first kappa shape index (κ1) is 18.1. The van der Waals surface area contributed by atoms with Crippen LogP contribution in [0.2, 0.25) is 0 Å². The third-order valence-electron chi connectivity index (χ3n) is 4.82. The number of nitrogens with zero attached hydrogens (tertiary/aromatic N) is 3. The summed E-state index contributed by atoms with van der Waals surface area (Å²) in [6.07, 6.45) is 0. The highest BCUT2D eigenvalue weighted by Gasteiger charge is 2.12. The smallest absolute Gasteiger partial charge is 0.261 e. The molecular weight excluding hydrogens is 398 g/mol. The maximum absolute atomic E-state index is 12.9. The minimum Gasteiger partial charge on any atom is -0.290 e. The molecule has 3 aromatic carbocycles. The SMILES string of the molecule is Cn1c(SCc2csc(-c3ccccc3)n2)nc2cc3ccccc3cc2c1=O. The van der Waals surface area contributed by atoms with Gasteiger partial charge < -0.3 is 0 Å². The summed E-state index contributed by atoms with van der Waals surface area (Å²) < 4.78 is 1.63. The van der Waals surface area contributed by atoms with Crippen LogP contribution in [0, 0.1) is 0 Å². The zero-order valence-electron chi connectivity index (χ0n) is 15.7. The van der Waals surface area contributed by atoms with Gasteiger partial charge in [0.05, 0.1) is 16.6 Å². The van der Waals surface area contributed by atoms with E-state index in [0.717, 1.165) is 32.6 Å². The van der Waals surface area contributed by atoms with Crippen molar-refractivity contribution >= 4 is 44.8 Å². The van der Waals surface area contributed by atoms with Gasteiger partial charge in [-0.15, -0.1) is 11.3 Å². The lowest BCUT2D eigenvalue weighted by molar-refractivity contribution is 0.726. The van der Waals surface area contributed by atoms with Gasteiger partial charge in [-0.25, -0.2) is 9.97 Å². The van der Waals surface area contributed by atoms with Crippen LogP contribution in [-0.4, -0.2) is 14.5 Å². The van der Waals surface area contributed by atoms with E-state index in [1.165, 1.54) is 11.8 Å². The van der Waals surface area contributed by atoms with Gasteiger partial charge >= 0.3 is 0 Å². The molecule has 0 atom stereocenters. The highest BCUT2D eigenvalue weighted by molar-refractivity contribution is 7.98. The van der Waals surface area contributed by atoms with E-state index in [4.69, 9.17) is 9.97 Å². The molecule has 0 saturated carbocycles. The predicted octanol–water partition coefficient (Wildman–Crippen LogP) is 5.50. The van der Waals surface area contributed by atoms with E-state index in [1.807, 2.05) is 54.6 Å². The number of hydrogen-bond donors (Lipinski definition) is 0. The molecule has 0 unspecified atom stereocenters. The molecule has 2 heterocycles. The molecule has 0 aliphatic rings. The molecule has 6 heteroatoms. The lowest BCUT2D eigenvalue weighted by atomic mass is 10.1. The molecule has 0 spiro atoms. The van der Waals surface area contributed by atoms with Crippen LogP contribution in [0.5, 0.6) is 0 Å². The highest BCUT2D eigenvalue weighted by Crippen LogP contribution is 2.28. The van der Waals surface area contributed by atoms with Crippen LogP contribution in [0.25, 0.3) is 32.2 Å². The molecule has 0 saturated heterocycles. The number of rotatable bonds is 4. The number of benzene rings is 3. The van der Waals surface area contributed by atoms with Crippen molar-refractivity contribution in [3.63, 3.8) is 0 Å². The Morgan fingerprint density at radius 2 is 1.69 bits per heavy atom. The van der Waals surface area contributed by atoms with Crippen molar-refractivity contribution in [3.05, 3.63) is 88.2 Å². The maximum Gasteiger partial charge on any atom is 0.261 e. The monoisotopic (exact) mass is 415 g/mol. The molecule has 142 valence electrons. The number of thioether (sulfide) groups is 1. The van der Waals surface area contributed by atoms with E-state index in [2.05, 4.69) is 17.5 Å². The minimum absolute atomic E-state index is 0.0218. The molecule has 29 heavy (non-hydrogen) atoms. The van der Waals surface area contributed by atoms with Crippen molar-refractivity contribution in [3.8, 4) is 10.6 Å². The summed E-state index contributed by atoms with van der Waals surface area (Å²) in [5.74, 6) is 0.669. The Hall–Kier alpha value is -2.96. The molecule has 5 rings (SSSR count). The van der Waals surface area contributed by atoms with E-state index in [1.54, 1.807) is 23.0 Å². The Kier molecular flexibility index (Phi) is 4.66. The van der Waals surface area contributed by atoms with Gasteiger partial charge in [0.1, 0.15) is 5.01 Å². The second kappa shape index (κ2) is 7.46. The summed E-state index contributed by atoms with van der Waals surface area (Å²) in [5, 5.41) is 6.57. The fourth-order valence-electron chi connectivity index (χ4n) is 3.29. The zero-order chi connectivity index (χ0) is 19.8. The lowest BCUT2D eigenvalue weighted by Crippen LogP contribution is -2.20. The minimum atomic E-state index is -0.0218. The number of fused-ring (bicyclic) bond motifs is 2. The third-order valence-corrected chi connectivity index (χ3v) is 6.83. The first-order chi connectivity index (χ1) is 14.2. The van der Waals surface area contributed by atoms with Gasteiger partial charge in [-0.3, -0.25) is 9.36 Å².